The molecule has 116 valence electrons. The van der Waals surface area contributed by atoms with Crippen molar-refractivity contribution >= 4 is 6.03 Å². The number of fused-ring (bicyclic) bond motifs is 1. The first-order chi connectivity index (χ1) is 10.7. The number of hydrogen-bond acceptors (Lipinski definition) is 3. The number of carbonyl (C=O) groups excluding carboxylic acids is 1. The zero-order chi connectivity index (χ0) is 15.4. The lowest BCUT2D eigenvalue weighted by Gasteiger charge is -2.12. The molecule has 3 rings (SSSR count). The maximum atomic E-state index is 11.8. The van der Waals surface area contributed by atoms with Gasteiger partial charge in [-0.2, -0.15) is 5.10 Å². The van der Waals surface area contributed by atoms with E-state index < -0.39 is 0 Å². The van der Waals surface area contributed by atoms with Gasteiger partial charge in [0, 0.05) is 26.2 Å². The quantitative estimate of drug-likeness (QED) is 0.873. The predicted octanol–water partition coefficient (Wildman–Crippen LogP) is 1.27. The molecule has 2 amide bonds. The van der Waals surface area contributed by atoms with Crippen molar-refractivity contribution in [3.05, 3.63) is 47.8 Å². The van der Waals surface area contributed by atoms with E-state index in [1.165, 1.54) is 5.56 Å². The molecule has 0 unspecified atom stereocenters. The van der Waals surface area contributed by atoms with Crippen molar-refractivity contribution in [2.45, 2.75) is 18.9 Å². The molecule has 22 heavy (non-hydrogen) atoms. The van der Waals surface area contributed by atoms with E-state index in [0.717, 1.165) is 24.2 Å². The molecular formula is C16H20N4O2. The number of nitrogens with one attached hydrogen (secondary N) is 2. The van der Waals surface area contributed by atoms with Gasteiger partial charge in [0.25, 0.3) is 0 Å². The van der Waals surface area contributed by atoms with Gasteiger partial charge in [-0.25, -0.2) is 4.79 Å². The fraction of sp³-hybridized carbons (Fsp3) is 0.375. The lowest BCUT2D eigenvalue weighted by atomic mass is 10.1. The van der Waals surface area contributed by atoms with Gasteiger partial charge in [-0.05, 0) is 23.6 Å². The van der Waals surface area contributed by atoms with Crippen LogP contribution in [0.2, 0.25) is 0 Å². The molecule has 6 nitrogen and oxygen atoms in total. The topological polar surface area (TPSA) is 68.2 Å². The Morgan fingerprint density at radius 2 is 2.27 bits per heavy atom. The summed E-state index contributed by atoms with van der Waals surface area (Å²) in [5, 5.41) is 9.79. The van der Waals surface area contributed by atoms with Crippen molar-refractivity contribution in [2.24, 2.45) is 7.05 Å². The second-order valence-electron chi connectivity index (χ2n) is 5.46. The van der Waals surface area contributed by atoms with Gasteiger partial charge in [-0.15, -0.1) is 0 Å². The zero-order valence-corrected chi connectivity index (χ0v) is 12.6. The summed E-state index contributed by atoms with van der Waals surface area (Å²) in [5.74, 6) is 0.922. The van der Waals surface area contributed by atoms with Crippen LogP contribution in [-0.2, 0) is 19.9 Å². The molecule has 1 aliphatic heterocycles. The van der Waals surface area contributed by atoms with E-state index in [2.05, 4.69) is 21.8 Å². The van der Waals surface area contributed by atoms with Crippen LogP contribution in [0.1, 0.15) is 11.1 Å². The molecule has 2 N–H and O–H groups in total. The number of aryl methyl sites for hydroxylation is 1. The van der Waals surface area contributed by atoms with Crippen molar-refractivity contribution in [3.63, 3.8) is 0 Å². The number of para-hydroxylation sites is 1. The summed E-state index contributed by atoms with van der Waals surface area (Å²) in [6.45, 7) is 1.09. The van der Waals surface area contributed by atoms with Crippen LogP contribution in [0.25, 0.3) is 0 Å². The average Bonchev–Trinajstić information content (AvgIpc) is 3.11. The number of hydrogen-bond donors (Lipinski definition) is 2. The van der Waals surface area contributed by atoms with Crippen molar-refractivity contribution in [3.8, 4) is 5.75 Å². The number of benzene rings is 1. The molecule has 0 saturated carbocycles. The largest absolute Gasteiger partial charge is 0.488 e. The number of ether oxygens (including phenoxy) is 1. The Bertz CT molecular complexity index is 628. The molecule has 1 atom stereocenters. The second-order valence-corrected chi connectivity index (χ2v) is 5.46. The highest BCUT2D eigenvalue weighted by Crippen LogP contribution is 2.27. The minimum atomic E-state index is -0.163. The molecule has 6 heteroatoms. The summed E-state index contributed by atoms with van der Waals surface area (Å²) >= 11 is 0. The van der Waals surface area contributed by atoms with Gasteiger partial charge < -0.3 is 15.4 Å². The van der Waals surface area contributed by atoms with Gasteiger partial charge in [-0.1, -0.05) is 18.2 Å². The summed E-state index contributed by atoms with van der Waals surface area (Å²) in [5.41, 5.74) is 2.31. The van der Waals surface area contributed by atoms with Crippen LogP contribution in [0, 0.1) is 0 Å². The molecule has 0 bridgehead atoms. The number of aromatic nitrogens is 2. The van der Waals surface area contributed by atoms with Crippen LogP contribution < -0.4 is 15.4 Å². The summed E-state index contributed by atoms with van der Waals surface area (Å²) in [4.78, 5) is 11.8. The van der Waals surface area contributed by atoms with Crippen molar-refractivity contribution < 1.29 is 9.53 Å². The van der Waals surface area contributed by atoms with E-state index in [9.17, 15) is 4.79 Å². The average molecular weight is 300 g/mol. The van der Waals surface area contributed by atoms with Crippen molar-refractivity contribution in [1.29, 1.82) is 0 Å². The number of amides is 2. The third-order valence-corrected chi connectivity index (χ3v) is 3.66. The van der Waals surface area contributed by atoms with Crippen LogP contribution in [0.5, 0.6) is 5.75 Å². The highest BCUT2D eigenvalue weighted by Gasteiger charge is 2.22. The van der Waals surface area contributed by atoms with Gasteiger partial charge in [0.1, 0.15) is 11.9 Å². The molecule has 0 aliphatic carbocycles. The van der Waals surface area contributed by atoms with Gasteiger partial charge in [-0.3, -0.25) is 4.68 Å². The fourth-order valence-corrected chi connectivity index (χ4v) is 2.56. The molecule has 2 heterocycles. The van der Waals surface area contributed by atoms with Gasteiger partial charge in [0.05, 0.1) is 12.7 Å². The van der Waals surface area contributed by atoms with E-state index in [-0.39, 0.29) is 12.1 Å². The molecule has 1 aromatic heterocycles. The molecule has 0 radical (unpaired) electrons. The van der Waals surface area contributed by atoms with E-state index in [1.54, 1.807) is 4.68 Å². The second kappa shape index (κ2) is 6.51. The van der Waals surface area contributed by atoms with Gasteiger partial charge in [0.15, 0.2) is 0 Å². The lowest BCUT2D eigenvalue weighted by Crippen LogP contribution is -2.41. The van der Waals surface area contributed by atoms with Gasteiger partial charge in [0.2, 0.25) is 0 Å². The SMILES string of the molecule is Cn1cc(CCNC(=O)NC[C@@H]2Cc3ccccc3O2)cn1. The van der Waals surface area contributed by atoms with Crippen molar-refractivity contribution in [2.75, 3.05) is 13.1 Å². The fourth-order valence-electron chi connectivity index (χ4n) is 2.56. The van der Waals surface area contributed by atoms with E-state index in [1.807, 2.05) is 37.6 Å². The Balaban J connectivity index is 1.35. The van der Waals surface area contributed by atoms with Crippen LogP contribution in [0.15, 0.2) is 36.7 Å². The summed E-state index contributed by atoms with van der Waals surface area (Å²) in [6.07, 6.45) is 5.38. The van der Waals surface area contributed by atoms with E-state index in [4.69, 9.17) is 4.74 Å². The minimum absolute atomic E-state index is 0.0153. The Morgan fingerprint density at radius 1 is 1.41 bits per heavy atom. The minimum Gasteiger partial charge on any atom is -0.488 e. The van der Waals surface area contributed by atoms with E-state index >= 15 is 0 Å². The van der Waals surface area contributed by atoms with E-state index in [0.29, 0.717) is 13.1 Å². The number of urea groups is 1. The first kappa shape index (κ1) is 14.4. The third kappa shape index (κ3) is 3.58. The Morgan fingerprint density at radius 3 is 3.05 bits per heavy atom. The Hall–Kier alpha value is -2.50. The monoisotopic (exact) mass is 300 g/mol. The number of nitrogens with zero attached hydrogens (tertiary/aromatic N) is 2. The normalized spacial score (nSPS) is 16.0. The predicted molar refractivity (Wildman–Crippen MR) is 82.9 cm³/mol. The zero-order valence-electron chi connectivity index (χ0n) is 12.6. The molecule has 0 fully saturated rings. The van der Waals surface area contributed by atoms with Crippen LogP contribution in [-0.4, -0.2) is 35.0 Å². The van der Waals surface area contributed by atoms with Crippen LogP contribution >= 0.6 is 0 Å². The number of carbonyl (C=O) groups is 1. The molecular weight excluding hydrogens is 280 g/mol. The summed E-state index contributed by atoms with van der Waals surface area (Å²) in [7, 11) is 1.88. The number of rotatable bonds is 5. The standard InChI is InChI=1S/C16H20N4O2/c1-20-11-12(9-19-20)6-7-17-16(21)18-10-14-8-13-4-2-3-5-15(13)22-14/h2-5,9,11,14H,6-8,10H2,1H3,(H2,17,18,21)/t14-/m0/s1. The van der Waals surface area contributed by atoms with Crippen molar-refractivity contribution in [1.82, 2.24) is 20.4 Å². The molecule has 0 spiro atoms. The Labute approximate surface area is 129 Å². The molecule has 0 saturated heterocycles. The van der Waals surface area contributed by atoms with Gasteiger partial charge >= 0.3 is 6.03 Å². The highest BCUT2D eigenvalue weighted by molar-refractivity contribution is 5.73. The maximum Gasteiger partial charge on any atom is 0.314 e. The van der Waals surface area contributed by atoms with Crippen LogP contribution in [0.4, 0.5) is 4.79 Å². The lowest BCUT2D eigenvalue weighted by molar-refractivity contribution is 0.214. The highest BCUT2D eigenvalue weighted by atomic mass is 16.5. The Kier molecular flexibility index (Phi) is 4.27. The third-order valence-electron chi connectivity index (χ3n) is 3.66. The van der Waals surface area contributed by atoms with Crippen LogP contribution in [0.3, 0.4) is 0 Å². The molecule has 2 aromatic rings. The summed E-state index contributed by atoms with van der Waals surface area (Å²) < 4.78 is 7.53. The summed E-state index contributed by atoms with van der Waals surface area (Å²) in [6, 6.07) is 7.82. The maximum absolute atomic E-state index is 11.8. The smallest absolute Gasteiger partial charge is 0.314 e. The molecule has 1 aromatic carbocycles. The molecule has 1 aliphatic rings. The first-order valence-electron chi connectivity index (χ1n) is 7.44. The first-order valence-corrected chi connectivity index (χ1v) is 7.44.